The van der Waals surface area contributed by atoms with Gasteiger partial charge in [-0.05, 0) is 24.1 Å². The maximum atomic E-state index is 6.16. The van der Waals surface area contributed by atoms with Crippen molar-refractivity contribution in [3.05, 3.63) is 22.7 Å². The molecule has 0 amide bonds. The Balaban J connectivity index is 0.00000128. The molecule has 0 saturated heterocycles. The summed E-state index contributed by atoms with van der Waals surface area (Å²) in [5, 5.41) is 4.01. The summed E-state index contributed by atoms with van der Waals surface area (Å²) in [6, 6.07) is 4.00. The van der Waals surface area contributed by atoms with Crippen molar-refractivity contribution in [2.45, 2.75) is 6.42 Å². The van der Waals surface area contributed by atoms with E-state index in [1.165, 1.54) is 5.56 Å². The SMILES string of the molecule is CN(SON)c1cc2c(cc1Cl)CCN2.S. The Morgan fingerprint density at radius 2 is 2.31 bits per heavy atom. The van der Waals surface area contributed by atoms with E-state index in [1.807, 2.05) is 19.2 Å². The van der Waals surface area contributed by atoms with E-state index in [0.29, 0.717) is 5.02 Å². The van der Waals surface area contributed by atoms with Gasteiger partial charge in [0.05, 0.1) is 10.7 Å². The summed E-state index contributed by atoms with van der Waals surface area (Å²) in [6.07, 6.45) is 1.03. The molecular weight excluding hydrogens is 266 g/mol. The van der Waals surface area contributed by atoms with Gasteiger partial charge in [-0.3, -0.25) is 4.31 Å². The zero-order valence-corrected chi connectivity index (χ0v) is 11.4. The molecule has 3 N–H and O–H groups in total. The fourth-order valence-electron chi connectivity index (χ4n) is 1.65. The Labute approximate surface area is 111 Å². The first-order valence-electron chi connectivity index (χ1n) is 4.56. The second kappa shape index (κ2) is 5.88. The quantitative estimate of drug-likeness (QED) is 0.505. The average Bonchev–Trinajstić information content (AvgIpc) is 2.63. The van der Waals surface area contributed by atoms with Gasteiger partial charge in [-0.1, -0.05) is 11.6 Å². The number of halogens is 1. The van der Waals surface area contributed by atoms with Gasteiger partial charge in [0.15, 0.2) is 0 Å². The van der Waals surface area contributed by atoms with E-state index in [1.54, 1.807) is 4.31 Å². The molecule has 7 heteroatoms. The third kappa shape index (κ3) is 2.70. The number of nitrogens with zero attached hydrogens (tertiary/aromatic N) is 1. The number of nitrogens with two attached hydrogens (primary N) is 1. The molecule has 0 radical (unpaired) electrons. The lowest BCUT2D eigenvalue weighted by Gasteiger charge is -2.17. The molecular formula is C9H14ClN3OS2. The van der Waals surface area contributed by atoms with Crippen LogP contribution in [0.5, 0.6) is 0 Å². The van der Waals surface area contributed by atoms with Crippen molar-refractivity contribution in [3.63, 3.8) is 0 Å². The van der Waals surface area contributed by atoms with Crippen molar-refractivity contribution < 1.29 is 4.28 Å². The van der Waals surface area contributed by atoms with Crippen LogP contribution >= 0.6 is 37.3 Å². The average molecular weight is 280 g/mol. The van der Waals surface area contributed by atoms with Crippen LogP contribution in [0.15, 0.2) is 12.1 Å². The molecule has 0 spiro atoms. The summed E-state index contributed by atoms with van der Waals surface area (Å²) in [5.41, 5.74) is 3.29. The number of anilines is 2. The van der Waals surface area contributed by atoms with Crippen molar-refractivity contribution in [1.29, 1.82) is 0 Å². The molecule has 1 aromatic carbocycles. The highest BCUT2D eigenvalue weighted by molar-refractivity contribution is 7.96. The number of hydrogen-bond donors (Lipinski definition) is 2. The predicted octanol–water partition coefficient (Wildman–Crippen LogP) is 2.31. The maximum absolute atomic E-state index is 6.16. The third-order valence-corrected chi connectivity index (χ3v) is 3.19. The summed E-state index contributed by atoms with van der Waals surface area (Å²) in [7, 11) is 1.85. The monoisotopic (exact) mass is 279 g/mol. The molecule has 1 aromatic rings. The highest BCUT2D eigenvalue weighted by Gasteiger charge is 2.15. The smallest absolute Gasteiger partial charge is 0.135 e. The number of nitrogens with one attached hydrogen (secondary N) is 1. The first-order valence-corrected chi connectivity index (χ1v) is 5.63. The lowest BCUT2D eigenvalue weighted by molar-refractivity contribution is 0.397. The van der Waals surface area contributed by atoms with E-state index in [9.17, 15) is 0 Å². The van der Waals surface area contributed by atoms with Gasteiger partial charge in [0.2, 0.25) is 0 Å². The van der Waals surface area contributed by atoms with Crippen molar-refractivity contribution in [2.24, 2.45) is 5.90 Å². The van der Waals surface area contributed by atoms with Crippen LogP contribution in [0.2, 0.25) is 5.02 Å². The molecule has 16 heavy (non-hydrogen) atoms. The van der Waals surface area contributed by atoms with Gasteiger partial charge in [-0.15, -0.1) is 0 Å². The van der Waals surface area contributed by atoms with E-state index in [4.69, 9.17) is 17.5 Å². The molecule has 0 fully saturated rings. The minimum atomic E-state index is 0. The second-order valence-electron chi connectivity index (χ2n) is 3.31. The first-order chi connectivity index (χ1) is 7.22. The van der Waals surface area contributed by atoms with Crippen LogP contribution in [0.3, 0.4) is 0 Å². The molecule has 90 valence electrons. The highest BCUT2D eigenvalue weighted by Crippen LogP contribution is 2.36. The summed E-state index contributed by atoms with van der Waals surface area (Å²) < 4.78 is 6.28. The number of benzene rings is 1. The molecule has 0 aromatic heterocycles. The van der Waals surface area contributed by atoms with Gasteiger partial charge in [0.1, 0.15) is 12.2 Å². The lowest BCUT2D eigenvalue weighted by atomic mass is 10.1. The zero-order valence-electron chi connectivity index (χ0n) is 8.79. The van der Waals surface area contributed by atoms with Crippen LogP contribution in [0.1, 0.15) is 5.56 Å². The minimum Gasteiger partial charge on any atom is -0.384 e. The van der Waals surface area contributed by atoms with E-state index < -0.39 is 0 Å². The molecule has 1 aliphatic heterocycles. The van der Waals surface area contributed by atoms with Crippen LogP contribution in [-0.2, 0) is 10.7 Å². The normalized spacial score (nSPS) is 12.7. The van der Waals surface area contributed by atoms with Gasteiger partial charge in [-0.2, -0.15) is 13.5 Å². The van der Waals surface area contributed by atoms with Crippen LogP contribution in [0.4, 0.5) is 11.4 Å². The maximum Gasteiger partial charge on any atom is 0.135 e. The van der Waals surface area contributed by atoms with Crippen LogP contribution < -0.4 is 15.5 Å². The Hall–Kier alpha value is -0.270. The van der Waals surface area contributed by atoms with Crippen molar-refractivity contribution in [3.8, 4) is 0 Å². The molecule has 0 unspecified atom stereocenters. The molecule has 0 atom stereocenters. The molecule has 4 nitrogen and oxygen atoms in total. The topological polar surface area (TPSA) is 50.5 Å². The van der Waals surface area contributed by atoms with E-state index in [2.05, 4.69) is 9.60 Å². The highest BCUT2D eigenvalue weighted by atomic mass is 35.5. The van der Waals surface area contributed by atoms with E-state index >= 15 is 0 Å². The Bertz CT molecular complexity index is 378. The predicted molar refractivity (Wildman–Crippen MR) is 75.3 cm³/mol. The number of fused-ring (bicyclic) bond motifs is 1. The Kier molecular flexibility index (Phi) is 5.07. The molecule has 1 aliphatic rings. The molecule has 0 bridgehead atoms. The fourth-order valence-corrected chi connectivity index (χ4v) is 2.38. The Morgan fingerprint density at radius 1 is 1.56 bits per heavy atom. The van der Waals surface area contributed by atoms with Crippen molar-refractivity contribution >= 4 is 48.7 Å². The van der Waals surface area contributed by atoms with E-state index in [-0.39, 0.29) is 13.5 Å². The van der Waals surface area contributed by atoms with E-state index in [0.717, 1.165) is 36.6 Å². The van der Waals surface area contributed by atoms with Gasteiger partial charge < -0.3 is 5.32 Å². The second-order valence-corrected chi connectivity index (χ2v) is 4.60. The summed E-state index contributed by atoms with van der Waals surface area (Å²) in [5.74, 6) is 4.99. The van der Waals surface area contributed by atoms with Crippen LogP contribution in [0, 0.1) is 0 Å². The minimum absolute atomic E-state index is 0. The largest absolute Gasteiger partial charge is 0.384 e. The van der Waals surface area contributed by atoms with Gasteiger partial charge in [0, 0.05) is 19.3 Å². The standard InChI is InChI=1S/C9H12ClN3OS.H2S/c1-13(15-14-11)9-5-8-6(2-3-12-8)4-7(9)10;/h4-5,12H,2-3,11H2,1H3;1H2. The molecule has 0 aliphatic carbocycles. The van der Waals surface area contributed by atoms with Crippen molar-refractivity contribution in [2.75, 3.05) is 23.2 Å². The Morgan fingerprint density at radius 3 is 3.00 bits per heavy atom. The summed E-state index contributed by atoms with van der Waals surface area (Å²) in [4.78, 5) is 0. The molecule has 0 saturated carbocycles. The summed E-state index contributed by atoms with van der Waals surface area (Å²) >= 11 is 7.20. The fraction of sp³-hybridized carbons (Fsp3) is 0.333. The van der Waals surface area contributed by atoms with Gasteiger partial charge >= 0.3 is 0 Å². The first kappa shape index (κ1) is 13.8. The molecule has 1 heterocycles. The van der Waals surface area contributed by atoms with Crippen LogP contribution in [0.25, 0.3) is 0 Å². The van der Waals surface area contributed by atoms with Gasteiger partial charge in [-0.25, -0.2) is 10.2 Å². The lowest BCUT2D eigenvalue weighted by Crippen LogP contribution is -2.10. The number of hydrogen-bond acceptors (Lipinski definition) is 5. The molecule has 2 rings (SSSR count). The van der Waals surface area contributed by atoms with Crippen LogP contribution in [-0.4, -0.2) is 13.6 Å². The van der Waals surface area contributed by atoms with Crippen molar-refractivity contribution in [1.82, 2.24) is 0 Å². The number of rotatable bonds is 3. The van der Waals surface area contributed by atoms with Gasteiger partial charge in [0.25, 0.3) is 0 Å². The zero-order chi connectivity index (χ0) is 10.8. The third-order valence-electron chi connectivity index (χ3n) is 2.38. The summed E-state index contributed by atoms with van der Waals surface area (Å²) in [6.45, 7) is 0.972.